The van der Waals surface area contributed by atoms with E-state index in [1.54, 1.807) is 57.7 Å². The summed E-state index contributed by atoms with van der Waals surface area (Å²) in [6.07, 6.45) is 4.65. The molecule has 11 atom stereocenters. The minimum atomic E-state index is -1.98. The molecule has 0 spiro atoms. The van der Waals surface area contributed by atoms with Crippen molar-refractivity contribution >= 4 is 62.1 Å². The Bertz CT molecular complexity index is 2990. The van der Waals surface area contributed by atoms with E-state index in [2.05, 4.69) is 5.32 Å². The smallest absolute Gasteiger partial charge is 0.410 e. The highest BCUT2D eigenvalue weighted by Crippen LogP contribution is 2.43. The van der Waals surface area contributed by atoms with Crippen molar-refractivity contribution in [1.29, 1.82) is 0 Å². The highest BCUT2D eigenvalue weighted by atomic mass is 16.7. The van der Waals surface area contributed by atoms with E-state index in [4.69, 9.17) is 28.3 Å². The van der Waals surface area contributed by atoms with Crippen molar-refractivity contribution < 1.29 is 58.5 Å². The number of carbonyl (C=O) groups is 2. The van der Waals surface area contributed by atoms with Gasteiger partial charge >= 0.3 is 11.9 Å². The van der Waals surface area contributed by atoms with E-state index in [1.807, 2.05) is 4.90 Å². The number of anilines is 2. The fraction of sp³-hybridized carbons (Fsp3) is 0.510. The predicted molar refractivity (Wildman–Crippen MR) is 258 cm³/mol. The van der Waals surface area contributed by atoms with Crippen LogP contribution < -0.4 is 31.0 Å². The van der Waals surface area contributed by atoms with Crippen LogP contribution in [0.2, 0.25) is 0 Å². The number of carbonyl (C=O) groups excluding carboxylic acids is 2. The maximum Gasteiger partial charge on any atom is 0.410 e. The molecule has 5 heterocycles. The van der Waals surface area contributed by atoms with Gasteiger partial charge in [-0.15, -0.1) is 0 Å². The molecule has 69 heavy (non-hydrogen) atoms. The monoisotopic (exact) mass is 954 g/mol. The van der Waals surface area contributed by atoms with Crippen LogP contribution in [0.25, 0.3) is 38.7 Å². The summed E-state index contributed by atoms with van der Waals surface area (Å²) < 4.78 is 30.0. The summed E-state index contributed by atoms with van der Waals surface area (Å²) in [5.41, 5.74) is -1.78. The van der Waals surface area contributed by atoms with Crippen LogP contribution in [0.1, 0.15) is 66.9 Å². The number of amides is 2. The Morgan fingerprint density at radius 3 is 2.38 bits per heavy atom. The second-order valence-corrected chi connectivity index (χ2v) is 19.2. The third kappa shape index (κ3) is 8.54. The molecule has 4 aliphatic heterocycles. The Morgan fingerprint density at radius 2 is 1.67 bits per heavy atom. The van der Waals surface area contributed by atoms with Gasteiger partial charge in [0, 0.05) is 91.7 Å². The number of phenols is 1. The molecule has 370 valence electrons. The number of aromatic nitrogens is 1. The number of phenolic OH excluding ortho intramolecular Hbond substituents is 1. The Morgan fingerprint density at radius 1 is 0.957 bits per heavy atom. The first-order chi connectivity index (χ1) is 32.7. The molecule has 6 N–H and O–H groups in total. The number of allylic oxidation sites excluding steroid dienone is 2. The Balaban J connectivity index is 1.33. The first-order valence-corrected chi connectivity index (χ1v) is 23.6. The van der Waals surface area contributed by atoms with Gasteiger partial charge in [0.05, 0.1) is 53.9 Å². The lowest BCUT2D eigenvalue weighted by Crippen LogP contribution is -2.48. The number of aromatic hydroxyl groups is 1. The Kier molecular flexibility index (Phi) is 13.5. The minimum Gasteiger partial charge on any atom is -0.507 e. The third-order valence-electron chi connectivity index (χ3n) is 14.8. The summed E-state index contributed by atoms with van der Waals surface area (Å²) in [6.45, 7) is 14.8. The zero-order chi connectivity index (χ0) is 50.0. The molecule has 4 aromatic rings. The number of aliphatic hydroxyl groups is 4. The van der Waals surface area contributed by atoms with Crippen molar-refractivity contribution in [1.82, 2.24) is 9.88 Å². The standard InChI is InChI=1S/C51H62N4O14/c1-10-66-50(64)55-17-12-15-29-21-54(22-31(29)55)30-19-32(56)38-34(20-30)68-47-39(52-38)35-36-44(60)28(7)46-37(35)48(62)51(8,69-46)67-18-16-33(65-9)25(4)42(58)27(6)43(59)26(5)41(57)23(2)13-11-14-24(3)49(63)53-40(47)45(36)61/h11,13-14,16,18-20,23,25-27,29,31,33,41-43,57-60,62H,10,12,15,17,21-22H2,1-9H3,(H,53,63)/b13-11+,18-16+,24-14-/t23-,25+,26+,27-,29+,31-,33-,41-,42+,43+,51-/m0/s1. The van der Waals surface area contributed by atoms with Gasteiger partial charge in [0.15, 0.2) is 22.4 Å². The zero-order valence-electron chi connectivity index (χ0n) is 40.3. The lowest BCUT2D eigenvalue weighted by Gasteiger charge is -2.36. The summed E-state index contributed by atoms with van der Waals surface area (Å²) in [7, 11) is 1.44. The van der Waals surface area contributed by atoms with Crippen molar-refractivity contribution in [3.05, 3.63) is 79.5 Å². The first kappa shape index (κ1) is 49.2. The van der Waals surface area contributed by atoms with E-state index in [9.17, 15) is 44.7 Å². The number of hydrogen-bond donors (Lipinski definition) is 6. The first-order valence-electron chi connectivity index (χ1n) is 23.6. The van der Waals surface area contributed by atoms with Crippen molar-refractivity contribution in [3.8, 4) is 11.5 Å². The largest absolute Gasteiger partial charge is 0.507 e. The molecular weight excluding hydrogens is 893 g/mol. The van der Waals surface area contributed by atoms with Crippen LogP contribution >= 0.6 is 0 Å². The summed E-state index contributed by atoms with van der Waals surface area (Å²) in [6, 6.07) is 2.89. The van der Waals surface area contributed by atoms with Gasteiger partial charge in [0.25, 0.3) is 5.91 Å². The summed E-state index contributed by atoms with van der Waals surface area (Å²) in [5.74, 6) is -6.28. The van der Waals surface area contributed by atoms with Crippen LogP contribution in [-0.2, 0) is 19.0 Å². The molecule has 2 fully saturated rings. The number of nitrogens with one attached hydrogen (secondary N) is 1. The number of ether oxygens (including phenoxy) is 4. The summed E-state index contributed by atoms with van der Waals surface area (Å²) >= 11 is 0. The molecule has 2 saturated heterocycles. The third-order valence-corrected chi connectivity index (χ3v) is 14.8. The lowest BCUT2D eigenvalue weighted by atomic mass is 9.78. The van der Waals surface area contributed by atoms with E-state index in [0.717, 1.165) is 12.8 Å². The number of nitrogens with zero attached hydrogens (tertiary/aromatic N) is 3. The Hall–Kier alpha value is -6.21. The van der Waals surface area contributed by atoms with Crippen molar-refractivity contribution in [3.63, 3.8) is 0 Å². The molecule has 18 nitrogen and oxygen atoms in total. The van der Waals surface area contributed by atoms with E-state index < -0.39 is 87.8 Å². The molecule has 3 aromatic carbocycles. The van der Waals surface area contributed by atoms with Gasteiger partial charge in [-0.2, -0.15) is 0 Å². The zero-order valence-corrected chi connectivity index (χ0v) is 40.3. The number of hydrogen-bond acceptors (Lipinski definition) is 16. The predicted octanol–water partition coefficient (Wildman–Crippen LogP) is 5.05. The molecule has 0 saturated carbocycles. The molecule has 0 unspecified atom stereocenters. The number of fused-ring (bicyclic) bond motifs is 6. The maximum absolute atomic E-state index is 14.9. The lowest BCUT2D eigenvalue weighted by molar-refractivity contribution is -0.112. The second kappa shape index (κ2) is 18.9. The topological polar surface area (TPSA) is 251 Å². The number of aliphatic hydroxyl groups excluding tert-OH is 4. The quantitative estimate of drug-likeness (QED) is 0.116. The normalized spacial score (nSPS) is 31.9. The van der Waals surface area contributed by atoms with Crippen molar-refractivity contribution in [2.75, 3.05) is 43.6 Å². The fourth-order valence-electron chi connectivity index (χ4n) is 10.5. The van der Waals surface area contributed by atoms with Gasteiger partial charge in [-0.1, -0.05) is 45.9 Å². The molecule has 5 bridgehead atoms. The number of rotatable bonds is 3. The van der Waals surface area contributed by atoms with E-state index in [1.165, 1.54) is 52.4 Å². The van der Waals surface area contributed by atoms with Crippen molar-refractivity contribution in [2.45, 2.75) is 104 Å². The average Bonchev–Trinajstić information content (AvgIpc) is 3.89. The van der Waals surface area contributed by atoms with E-state index in [0.29, 0.717) is 25.3 Å². The minimum absolute atomic E-state index is 0.0243. The molecule has 0 aliphatic carbocycles. The van der Waals surface area contributed by atoms with Gasteiger partial charge < -0.3 is 64.0 Å². The van der Waals surface area contributed by atoms with Gasteiger partial charge in [-0.25, -0.2) is 9.78 Å². The van der Waals surface area contributed by atoms with Gasteiger partial charge in [0.1, 0.15) is 22.7 Å². The number of likely N-dealkylation sites (tertiary alicyclic amines) is 1. The summed E-state index contributed by atoms with van der Waals surface area (Å²) in [4.78, 5) is 64.7. The van der Waals surface area contributed by atoms with Crippen LogP contribution in [0, 0.1) is 36.5 Å². The van der Waals surface area contributed by atoms with Crippen LogP contribution in [0.4, 0.5) is 16.2 Å². The number of methoxy groups -OCH3 is 1. The second-order valence-electron chi connectivity index (χ2n) is 19.2. The molecule has 8 rings (SSSR count). The van der Waals surface area contributed by atoms with Gasteiger partial charge in [-0.3, -0.25) is 14.4 Å². The number of benzene rings is 3. The highest BCUT2D eigenvalue weighted by molar-refractivity contribution is 6.16. The van der Waals surface area contributed by atoms with Crippen LogP contribution in [0.5, 0.6) is 11.5 Å². The molecule has 1 aromatic heterocycles. The molecule has 4 aliphatic rings. The number of piperidine rings is 1. The molecular formula is C51H62N4O14. The van der Waals surface area contributed by atoms with Gasteiger partial charge in [-0.05, 0) is 45.6 Å². The van der Waals surface area contributed by atoms with E-state index in [-0.39, 0.29) is 79.7 Å². The molecule has 2 amide bonds. The molecule has 18 heteroatoms. The van der Waals surface area contributed by atoms with Crippen LogP contribution in [0.15, 0.2) is 62.3 Å². The highest BCUT2D eigenvalue weighted by Gasteiger charge is 2.45. The summed E-state index contributed by atoms with van der Waals surface area (Å²) in [5, 5.41) is 60.3. The molecule has 0 radical (unpaired) electrons. The fourth-order valence-corrected chi connectivity index (χ4v) is 10.5. The maximum atomic E-state index is 14.9. The SMILES string of the molecule is CCOC(=O)N1CCC[C@@H]2CN(c3cc(=O)c4nc5c(oc4c3)c3c(=O)c4c(O)c(C)c6c(c45)=C(O)[C@@](C)(O/C=C/[C@H](OC)[C@@H](C)[C@@H](O)[C@H](C)[C@H](O)[C@H](C)[C@@H](O)[C@@H](C)/C=C/C=C(/C)C(=O)N3)O6)C[C@@H]21. The van der Waals surface area contributed by atoms with Crippen molar-refractivity contribution in [2.24, 2.45) is 29.6 Å². The van der Waals surface area contributed by atoms with Crippen LogP contribution in [0.3, 0.4) is 0 Å². The Labute approximate surface area is 398 Å². The van der Waals surface area contributed by atoms with E-state index >= 15 is 0 Å². The van der Waals surface area contributed by atoms with Gasteiger partial charge in [0.2, 0.25) is 10.9 Å². The van der Waals surface area contributed by atoms with Crippen LogP contribution in [-0.4, -0.2) is 117 Å². The average molecular weight is 955 g/mol.